The third kappa shape index (κ3) is 4.59. The lowest BCUT2D eigenvalue weighted by Crippen LogP contribution is -2.26. The Bertz CT molecular complexity index is 732. The van der Waals surface area contributed by atoms with E-state index in [-0.39, 0.29) is 5.91 Å². The molecule has 0 saturated carbocycles. The molecule has 3 rings (SSSR count). The van der Waals surface area contributed by atoms with Crippen LogP contribution in [-0.4, -0.2) is 35.6 Å². The second-order valence-corrected chi connectivity index (χ2v) is 6.21. The molecule has 25 heavy (non-hydrogen) atoms. The summed E-state index contributed by atoms with van der Waals surface area (Å²) < 4.78 is 11.0. The molecule has 1 aromatic carbocycles. The minimum Gasteiger partial charge on any atom is -0.486 e. The van der Waals surface area contributed by atoms with Gasteiger partial charge in [0.25, 0.3) is 5.91 Å². The Kier molecular flexibility index (Phi) is 5.33. The maximum atomic E-state index is 12.0. The van der Waals surface area contributed by atoms with Crippen molar-refractivity contribution in [2.45, 2.75) is 20.3 Å². The van der Waals surface area contributed by atoms with E-state index in [2.05, 4.69) is 34.4 Å². The molecule has 2 N–H and O–H groups in total. The molecule has 2 heterocycles. The molecule has 1 aliphatic rings. The van der Waals surface area contributed by atoms with Gasteiger partial charge < -0.3 is 20.1 Å². The highest BCUT2D eigenvalue weighted by atomic mass is 16.6. The Balaban J connectivity index is 1.60. The number of amides is 1. The van der Waals surface area contributed by atoms with Crippen molar-refractivity contribution in [1.82, 2.24) is 15.3 Å². The van der Waals surface area contributed by atoms with Gasteiger partial charge in [-0.1, -0.05) is 13.8 Å². The Morgan fingerprint density at radius 3 is 2.68 bits per heavy atom. The molecule has 0 saturated heterocycles. The van der Waals surface area contributed by atoms with Crippen molar-refractivity contribution in [3.05, 3.63) is 36.3 Å². The van der Waals surface area contributed by atoms with Crippen LogP contribution in [-0.2, 0) is 0 Å². The molecular formula is C18H22N4O3. The number of carbonyl (C=O) groups is 1. The average molecular weight is 342 g/mol. The number of hydrogen-bond donors (Lipinski definition) is 2. The van der Waals surface area contributed by atoms with Crippen molar-refractivity contribution in [3.63, 3.8) is 0 Å². The van der Waals surface area contributed by atoms with Crippen LogP contribution in [0.25, 0.3) is 0 Å². The van der Waals surface area contributed by atoms with Gasteiger partial charge in [0.05, 0.1) is 12.4 Å². The van der Waals surface area contributed by atoms with Crippen LogP contribution in [0.5, 0.6) is 11.5 Å². The first kappa shape index (κ1) is 17.0. The van der Waals surface area contributed by atoms with E-state index in [0.717, 1.165) is 17.9 Å². The van der Waals surface area contributed by atoms with E-state index in [0.29, 0.717) is 42.9 Å². The van der Waals surface area contributed by atoms with Gasteiger partial charge in [-0.2, -0.15) is 0 Å². The fourth-order valence-electron chi connectivity index (χ4n) is 2.34. The Labute approximate surface area is 146 Å². The van der Waals surface area contributed by atoms with E-state index in [1.54, 1.807) is 0 Å². The maximum Gasteiger partial charge on any atom is 0.271 e. The molecule has 0 radical (unpaired) electrons. The molecule has 7 heteroatoms. The molecule has 0 atom stereocenters. The first-order valence-electron chi connectivity index (χ1n) is 8.39. The van der Waals surface area contributed by atoms with Crippen molar-refractivity contribution in [3.8, 4) is 11.5 Å². The van der Waals surface area contributed by atoms with Crippen molar-refractivity contribution < 1.29 is 14.3 Å². The molecule has 1 amide bonds. The summed E-state index contributed by atoms with van der Waals surface area (Å²) in [5.41, 5.74) is 1.11. The van der Waals surface area contributed by atoms with E-state index in [1.807, 2.05) is 18.2 Å². The minimum absolute atomic E-state index is 0.209. The number of rotatable bonds is 6. The summed E-state index contributed by atoms with van der Waals surface area (Å²) in [6.45, 7) is 5.97. The number of hydrogen-bond acceptors (Lipinski definition) is 6. The van der Waals surface area contributed by atoms with Gasteiger partial charge in [-0.15, -0.1) is 0 Å². The number of anilines is 2. The second kappa shape index (κ2) is 7.83. The van der Waals surface area contributed by atoms with Gasteiger partial charge in [-0.05, 0) is 24.5 Å². The van der Waals surface area contributed by atoms with Crippen LogP contribution in [0.1, 0.15) is 30.8 Å². The van der Waals surface area contributed by atoms with E-state index < -0.39 is 0 Å². The number of fused-ring (bicyclic) bond motifs is 1. The summed E-state index contributed by atoms with van der Waals surface area (Å²) in [6, 6.07) is 5.57. The van der Waals surface area contributed by atoms with Gasteiger partial charge in [0.2, 0.25) is 0 Å². The van der Waals surface area contributed by atoms with Crippen LogP contribution in [0.4, 0.5) is 11.5 Å². The molecule has 0 spiro atoms. The van der Waals surface area contributed by atoms with Crippen LogP contribution in [0.3, 0.4) is 0 Å². The monoisotopic (exact) mass is 342 g/mol. The van der Waals surface area contributed by atoms with Gasteiger partial charge in [0.1, 0.15) is 24.7 Å². The molecule has 0 fully saturated rings. The second-order valence-electron chi connectivity index (χ2n) is 6.21. The Hall–Kier alpha value is -2.83. The van der Waals surface area contributed by atoms with Crippen molar-refractivity contribution >= 4 is 17.4 Å². The van der Waals surface area contributed by atoms with Crippen LogP contribution in [0.15, 0.2) is 30.6 Å². The van der Waals surface area contributed by atoms with E-state index in [4.69, 9.17) is 9.47 Å². The van der Waals surface area contributed by atoms with Crippen LogP contribution < -0.4 is 20.1 Å². The third-order valence-corrected chi connectivity index (χ3v) is 3.71. The Morgan fingerprint density at radius 1 is 1.16 bits per heavy atom. The minimum atomic E-state index is -0.209. The first-order chi connectivity index (χ1) is 12.1. The standard InChI is InChI=1S/C18H22N4O3/c1-12(2)5-6-19-18(23)14-10-21-17(11-20-14)22-13-3-4-15-16(9-13)25-8-7-24-15/h3-4,9-12H,5-8H2,1-2H3,(H,19,23)(H,21,22). The number of ether oxygens (including phenoxy) is 2. The smallest absolute Gasteiger partial charge is 0.271 e. The lowest BCUT2D eigenvalue weighted by molar-refractivity contribution is 0.0946. The van der Waals surface area contributed by atoms with Gasteiger partial charge in [-0.25, -0.2) is 9.97 Å². The number of benzene rings is 1. The fourth-order valence-corrected chi connectivity index (χ4v) is 2.34. The van der Waals surface area contributed by atoms with Crippen LogP contribution in [0, 0.1) is 5.92 Å². The Morgan fingerprint density at radius 2 is 1.96 bits per heavy atom. The molecule has 1 aromatic heterocycles. The fraction of sp³-hybridized carbons (Fsp3) is 0.389. The topological polar surface area (TPSA) is 85.4 Å². The summed E-state index contributed by atoms with van der Waals surface area (Å²) in [7, 11) is 0. The summed E-state index contributed by atoms with van der Waals surface area (Å²) >= 11 is 0. The highest BCUT2D eigenvalue weighted by molar-refractivity contribution is 5.92. The zero-order valence-electron chi connectivity index (χ0n) is 14.4. The van der Waals surface area contributed by atoms with Crippen LogP contribution in [0.2, 0.25) is 0 Å². The van der Waals surface area contributed by atoms with Crippen molar-refractivity contribution in [2.75, 3.05) is 25.1 Å². The number of carbonyl (C=O) groups excluding carboxylic acids is 1. The summed E-state index contributed by atoms with van der Waals surface area (Å²) in [5, 5.41) is 5.98. The molecule has 0 bridgehead atoms. The maximum absolute atomic E-state index is 12.0. The molecular weight excluding hydrogens is 320 g/mol. The molecule has 7 nitrogen and oxygen atoms in total. The van der Waals surface area contributed by atoms with Gasteiger partial charge >= 0.3 is 0 Å². The van der Waals surface area contributed by atoms with Gasteiger partial charge in [0, 0.05) is 18.3 Å². The zero-order valence-corrected chi connectivity index (χ0v) is 14.4. The summed E-state index contributed by atoms with van der Waals surface area (Å²) in [6.07, 6.45) is 3.93. The SMILES string of the molecule is CC(C)CCNC(=O)c1cnc(Nc2ccc3c(c2)OCCO3)cn1. The highest BCUT2D eigenvalue weighted by Crippen LogP contribution is 2.33. The summed E-state index contributed by atoms with van der Waals surface area (Å²) in [4.78, 5) is 20.4. The average Bonchev–Trinajstić information content (AvgIpc) is 2.62. The molecule has 0 aliphatic carbocycles. The van der Waals surface area contributed by atoms with E-state index in [1.165, 1.54) is 12.4 Å². The van der Waals surface area contributed by atoms with Gasteiger partial charge in [0.15, 0.2) is 11.5 Å². The largest absolute Gasteiger partial charge is 0.486 e. The van der Waals surface area contributed by atoms with E-state index in [9.17, 15) is 4.79 Å². The normalized spacial score (nSPS) is 12.8. The quantitative estimate of drug-likeness (QED) is 0.840. The number of nitrogens with one attached hydrogen (secondary N) is 2. The lowest BCUT2D eigenvalue weighted by Gasteiger charge is -2.19. The van der Waals surface area contributed by atoms with Gasteiger partial charge in [-0.3, -0.25) is 4.79 Å². The summed E-state index contributed by atoms with van der Waals surface area (Å²) in [5.74, 6) is 2.32. The third-order valence-electron chi connectivity index (χ3n) is 3.71. The predicted molar refractivity (Wildman–Crippen MR) is 94.5 cm³/mol. The predicted octanol–water partition coefficient (Wildman–Crippen LogP) is 2.77. The van der Waals surface area contributed by atoms with Crippen molar-refractivity contribution in [2.24, 2.45) is 5.92 Å². The van der Waals surface area contributed by atoms with Crippen molar-refractivity contribution in [1.29, 1.82) is 0 Å². The number of nitrogens with zero attached hydrogens (tertiary/aromatic N) is 2. The number of aromatic nitrogens is 2. The highest BCUT2D eigenvalue weighted by Gasteiger charge is 2.12. The lowest BCUT2D eigenvalue weighted by atomic mass is 10.1. The zero-order chi connectivity index (χ0) is 17.6. The first-order valence-corrected chi connectivity index (χ1v) is 8.39. The van der Waals surface area contributed by atoms with Crippen LogP contribution >= 0.6 is 0 Å². The van der Waals surface area contributed by atoms with E-state index >= 15 is 0 Å². The molecule has 2 aromatic rings. The molecule has 0 unspecified atom stereocenters. The molecule has 1 aliphatic heterocycles. The molecule has 132 valence electrons.